The smallest absolute Gasteiger partial charge is 0.339 e. The molecule has 4 nitrogen and oxygen atoms in total. The molecule has 0 aliphatic heterocycles. The molecule has 0 atom stereocenters. The predicted octanol–water partition coefficient (Wildman–Crippen LogP) is 1.77. The van der Waals surface area contributed by atoms with Gasteiger partial charge in [-0.05, 0) is 18.2 Å². The van der Waals surface area contributed by atoms with Crippen LogP contribution in [0.1, 0.15) is 10.4 Å². The molecule has 0 N–H and O–H groups in total. The number of fused-ring (bicyclic) bond motifs is 1. The molecule has 0 saturated heterocycles. The van der Waals surface area contributed by atoms with Gasteiger partial charge >= 0.3 is 5.97 Å². The summed E-state index contributed by atoms with van der Waals surface area (Å²) in [4.78, 5) is 11.2. The topological polar surface area (TPSA) is 43.6 Å². The summed E-state index contributed by atoms with van der Waals surface area (Å²) in [5.74, 6) is -0.383. The lowest BCUT2D eigenvalue weighted by Crippen LogP contribution is -1.98. The van der Waals surface area contributed by atoms with E-state index in [4.69, 9.17) is 11.6 Å². The van der Waals surface area contributed by atoms with Gasteiger partial charge in [0.2, 0.25) is 0 Å². The molecule has 0 aromatic carbocycles. The first-order valence-electron chi connectivity index (χ1n) is 3.94. The summed E-state index contributed by atoms with van der Waals surface area (Å²) in [6.45, 7) is 0. The van der Waals surface area contributed by atoms with Gasteiger partial charge in [-0.25, -0.2) is 9.31 Å². The number of methoxy groups -OCH3 is 1. The molecule has 5 heteroatoms. The number of aromatic nitrogens is 2. The lowest BCUT2D eigenvalue weighted by Gasteiger charge is -1.92. The van der Waals surface area contributed by atoms with Crippen molar-refractivity contribution in [3.63, 3.8) is 0 Å². The van der Waals surface area contributed by atoms with Crippen LogP contribution in [0.15, 0.2) is 24.4 Å². The van der Waals surface area contributed by atoms with Gasteiger partial charge in [-0.1, -0.05) is 11.6 Å². The number of carbonyl (C=O) groups is 1. The first-order chi connectivity index (χ1) is 6.70. The van der Waals surface area contributed by atoms with E-state index in [-0.39, 0.29) is 5.97 Å². The summed E-state index contributed by atoms with van der Waals surface area (Å²) >= 11 is 5.69. The second kappa shape index (κ2) is 3.31. The summed E-state index contributed by atoms with van der Waals surface area (Å²) in [5.41, 5.74) is 1.26. The molecule has 0 aliphatic rings. The fraction of sp³-hybridized carbons (Fsp3) is 0.111. The Bertz CT molecular complexity index is 493. The van der Waals surface area contributed by atoms with Crippen LogP contribution in [-0.2, 0) is 4.74 Å². The summed E-state index contributed by atoms with van der Waals surface area (Å²) < 4.78 is 6.12. The van der Waals surface area contributed by atoms with Crippen molar-refractivity contribution in [2.75, 3.05) is 7.11 Å². The van der Waals surface area contributed by atoms with Crippen molar-refractivity contribution >= 4 is 23.1 Å². The molecule has 2 heterocycles. The zero-order valence-corrected chi connectivity index (χ0v) is 8.15. The molecule has 14 heavy (non-hydrogen) atoms. The standard InChI is InChI=1S/C9H7ClN2O2/c1-14-9(13)6-4-7-2-3-8(10)11-12(7)5-6/h2-5H,1H3. The molecule has 0 unspecified atom stereocenters. The van der Waals surface area contributed by atoms with E-state index in [2.05, 4.69) is 9.84 Å². The maximum atomic E-state index is 11.2. The van der Waals surface area contributed by atoms with E-state index in [0.717, 1.165) is 5.52 Å². The van der Waals surface area contributed by atoms with Gasteiger partial charge in [0.05, 0.1) is 18.2 Å². The number of rotatable bonds is 1. The Kier molecular flexibility index (Phi) is 2.13. The van der Waals surface area contributed by atoms with Gasteiger partial charge in [0.1, 0.15) is 5.15 Å². The molecule has 0 spiro atoms. The number of hydrogen-bond donors (Lipinski definition) is 0. The van der Waals surface area contributed by atoms with Crippen molar-refractivity contribution < 1.29 is 9.53 Å². The molecular formula is C9H7ClN2O2. The first kappa shape index (κ1) is 9.02. The third-order valence-corrected chi connectivity index (χ3v) is 2.05. The Morgan fingerprint density at radius 1 is 1.57 bits per heavy atom. The molecule has 2 aromatic heterocycles. The maximum absolute atomic E-state index is 11.2. The minimum Gasteiger partial charge on any atom is -0.465 e. The Morgan fingerprint density at radius 3 is 3.07 bits per heavy atom. The molecular weight excluding hydrogens is 204 g/mol. The van der Waals surface area contributed by atoms with Crippen molar-refractivity contribution in [1.82, 2.24) is 9.61 Å². The van der Waals surface area contributed by atoms with E-state index in [1.54, 1.807) is 24.4 Å². The van der Waals surface area contributed by atoms with Crippen molar-refractivity contribution in [1.29, 1.82) is 0 Å². The van der Waals surface area contributed by atoms with Crippen molar-refractivity contribution in [2.45, 2.75) is 0 Å². The lowest BCUT2D eigenvalue weighted by molar-refractivity contribution is 0.0601. The van der Waals surface area contributed by atoms with Crippen LogP contribution in [0.25, 0.3) is 5.52 Å². The highest BCUT2D eigenvalue weighted by Gasteiger charge is 2.08. The monoisotopic (exact) mass is 210 g/mol. The number of carbonyl (C=O) groups excluding carboxylic acids is 1. The Hall–Kier alpha value is -1.55. The van der Waals surface area contributed by atoms with E-state index in [1.165, 1.54) is 11.6 Å². The second-order valence-corrected chi connectivity index (χ2v) is 3.13. The number of nitrogens with zero attached hydrogens (tertiary/aromatic N) is 2. The molecule has 2 aromatic rings. The number of esters is 1. The molecule has 0 saturated carbocycles. The van der Waals surface area contributed by atoms with E-state index in [1.807, 2.05) is 0 Å². The first-order valence-corrected chi connectivity index (χ1v) is 4.32. The van der Waals surface area contributed by atoms with Gasteiger partial charge in [0, 0.05) is 6.20 Å². The van der Waals surface area contributed by atoms with Crippen molar-refractivity contribution in [3.8, 4) is 0 Å². The normalized spacial score (nSPS) is 10.4. The Labute approximate surface area is 85.0 Å². The van der Waals surface area contributed by atoms with Crippen LogP contribution in [0.3, 0.4) is 0 Å². The zero-order chi connectivity index (χ0) is 10.1. The van der Waals surface area contributed by atoms with Crippen molar-refractivity contribution in [2.24, 2.45) is 0 Å². The predicted molar refractivity (Wildman–Crippen MR) is 51.5 cm³/mol. The third-order valence-electron chi connectivity index (χ3n) is 1.85. The molecule has 0 bridgehead atoms. The van der Waals surface area contributed by atoms with Gasteiger partial charge in [0.25, 0.3) is 0 Å². The molecule has 0 fully saturated rings. The minimum atomic E-state index is -0.383. The molecule has 72 valence electrons. The number of ether oxygens (including phenoxy) is 1. The van der Waals surface area contributed by atoms with Gasteiger partial charge in [-0.2, -0.15) is 5.10 Å². The summed E-state index contributed by atoms with van der Waals surface area (Å²) in [6.07, 6.45) is 1.58. The van der Waals surface area contributed by atoms with Crippen LogP contribution in [-0.4, -0.2) is 22.7 Å². The molecule has 0 amide bonds. The van der Waals surface area contributed by atoms with Crippen LogP contribution in [0.5, 0.6) is 0 Å². The van der Waals surface area contributed by atoms with Crippen LogP contribution >= 0.6 is 11.6 Å². The quantitative estimate of drug-likeness (QED) is 0.674. The Morgan fingerprint density at radius 2 is 2.36 bits per heavy atom. The number of hydrogen-bond acceptors (Lipinski definition) is 3. The van der Waals surface area contributed by atoms with Crippen LogP contribution in [0.4, 0.5) is 0 Å². The van der Waals surface area contributed by atoms with Gasteiger partial charge in [-0.15, -0.1) is 0 Å². The largest absolute Gasteiger partial charge is 0.465 e. The average molecular weight is 211 g/mol. The minimum absolute atomic E-state index is 0.379. The summed E-state index contributed by atoms with van der Waals surface area (Å²) in [7, 11) is 1.34. The second-order valence-electron chi connectivity index (χ2n) is 2.75. The van der Waals surface area contributed by atoms with Gasteiger partial charge in [0.15, 0.2) is 0 Å². The van der Waals surface area contributed by atoms with E-state index < -0.39 is 0 Å². The summed E-state index contributed by atoms with van der Waals surface area (Å²) in [5, 5.41) is 4.37. The zero-order valence-electron chi connectivity index (χ0n) is 7.40. The highest BCUT2D eigenvalue weighted by molar-refractivity contribution is 6.29. The van der Waals surface area contributed by atoms with E-state index >= 15 is 0 Å². The molecule has 0 radical (unpaired) electrons. The fourth-order valence-corrected chi connectivity index (χ4v) is 1.34. The lowest BCUT2D eigenvalue weighted by atomic mass is 10.3. The Balaban J connectivity index is 2.56. The SMILES string of the molecule is COC(=O)c1cc2ccc(Cl)nn2c1. The molecule has 2 rings (SSSR count). The highest BCUT2D eigenvalue weighted by Crippen LogP contribution is 2.12. The van der Waals surface area contributed by atoms with Crippen molar-refractivity contribution in [3.05, 3.63) is 35.1 Å². The third kappa shape index (κ3) is 1.44. The number of halogens is 1. The van der Waals surface area contributed by atoms with E-state index in [9.17, 15) is 4.79 Å². The molecule has 0 aliphatic carbocycles. The highest BCUT2D eigenvalue weighted by atomic mass is 35.5. The van der Waals surface area contributed by atoms with Crippen LogP contribution < -0.4 is 0 Å². The van der Waals surface area contributed by atoms with Gasteiger partial charge in [-0.3, -0.25) is 0 Å². The van der Waals surface area contributed by atoms with Crippen LogP contribution in [0, 0.1) is 0 Å². The van der Waals surface area contributed by atoms with E-state index in [0.29, 0.717) is 10.7 Å². The van der Waals surface area contributed by atoms with Crippen LogP contribution in [0.2, 0.25) is 5.15 Å². The average Bonchev–Trinajstić information content (AvgIpc) is 2.59. The van der Waals surface area contributed by atoms with Gasteiger partial charge < -0.3 is 4.74 Å². The maximum Gasteiger partial charge on any atom is 0.339 e. The fourth-order valence-electron chi connectivity index (χ4n) is 1.20. The summed E-state index contributed by atoms with van der Waals surface area (Å²) in [6, 6.07) is 5.13.